The summed E-state index contributed by atoms with van der Waals surface area (Å²) in [4.78, 5) is 23.6. The molecule has 0 aliphatic carbocycles. The molecule has 0 saturated carbocycles. The number of rotatable bonds is 5. The van der Waals surface area contributed by atoms with Crippen LogP contribution in [0, 0.1) is 6.92 Å². The van der Waals surface area contributed by atoms with Gasteiger partial charge in [-0.1, -0.05) is 18.2 Å². The highest BCUT2D eigenvalue weighted by Crippen LogP contribution is 2.36. The van der Waals surface area contributed by atoms with Gasteiger partial charge in [-0.3, -0.25) is 4.98 Å². The molecule has 0 unspecified atom stereocenters. The maximum Gasteiger partial charge on any atom is 0.180 e. The van der Waals surface area contributed by atoms with E-state index in [4.69, 9.17) is 19.7 Å². The van der Waals surface area contributed by atoms with Crippen LogP contribution in [0.5, 0.6) is 5.75 Å². The first-order valence-corrected chi connectivity index (χ1v) is 11.7. The number of aryl methyl sites for hydroxylation is 1. The lowest BCUT2D eigenvalue weighted by Gasteiger charge is -2.09. The average molecular weight is 465 g/mol. The van der Waals surface area contributed by atoms with Crippen molar-refractivity contribution in [2.45, 2.75) is 13.5 Å². The van der Waals surface area contributed by atoms with Crippen LogP contribution >= 0.6 is 11.3 Å². The van der Waals surface area contributed by atoms with Crippen LogP contribution in [0.2, 0.25) is 0 Å². The predicted molar refractivity (Wildman–Crippen MR) is 134 cm³/mol. The highest BCUT2D eigenvalue weighted by molar-refractivity contribution is 7.17. The fourth-order valence-corrected chi connectivity index (χ4v) is 4.93. The van der Waals surface area contributed by atoms with Gasteiger partial charge >= 0.3 is 0 Å². The number of pyridine rings is 2. The Morgan fingerprint density at radius 1 is 1.00 bits per heavy atom. The van der Waals surface area contributed by atoms with Crippen molar-refractivity contribution in [1.29, 1.82) is 0 Å². The van der Waals surface area contributed by atoms with Gasteiger partial charge < -0.3 is 9.30 Å². The van der Waals surface area contributed by atoms with Crippen LogP contribution in [0.15, 0.2) is 72.6 Å². The molecule has 0 saturated heterocycles. The third-order valence-electron chi connectivity index (χ3n) is 5.73. The van der Waals surface area contributed by atoms with E-state index in [1.165, 1.54) is 0 Å². The van der Waals surface area contributed by atoms with Crippen molar-refractivity contribution in [2.24, 2.45) is 0 Å². The summed E-state index contributed by atoms with van der Waals surface area (Å²) in [5, 5.41) is 3.22. The summed E-state index contributed by atoms with van der Waals surface area (Å²) < 4.78 is 8.45. The molecule has 6 aromatic rings. The third-order valence-corrected chi connectivity index (χ3v) is 6.66. The van der Waals surface area contributed by atoms with Crippen molar-refractivity contribution in [3.8, 4) is 28.5 Å². The second kappa shape index (κ2) is 8.31. The Bertz CT molecular complexity index is 1640. The minimum Gasteiger partial charge on any atom is -0.497 e. The van der Waals surface area contributed by atoms with Crippen LogP contribution in [0.1, 0.15) is 11.3 Å². The summed E-state index contributed by atoms with van der Waals surface area (Å²) in [7, 11) is 1.67. The monoisotopic (exact) mass is 464 g/mol. The van der Waals surface area contributed by atoms with Gasteiger partial charge in [0.1, 0.15) is 22.7 Å². The van der Waals surface area contributed by atoms with Gasteiger partial charge in [-0.2, -0.15) is 0 Å². The zero-order chi connectivity index (χ0) is 23.1. The first kappa shape index (κ1) is 20.4. The highest BCUT2D eigenvalue weighted by Gasteiger charge is 2.19. The Labute approximate surface area is 199 Å². The SMILES string of the molecule is COc1ccc(Cn2cnc3c(-c4csc5cnccc45)nc(-c4cccc(C)n4)nc32)cc1. The number of imidazole rings is 1. The van der Waals surface area contributed by atoms with Crippen LogP contribution in [-0.2, 0) is 6.54 Å². The van der Waals surface area contributed by atoms with Gasteiger partial charge in [-0.05, 0) is 42.8 Å². The summed E-state index contributed by atoms with van der Waals surface area (Å²) >= 11 is 1.65. The highest BCUT2D eigenvalue weighted by atomic mass is 32.1. The lowest BCUT2D eigenvalue weighted by atomic mass is 10.1. The number of aromatic nitrogens is 6. The van der Waals surface area contributed by atoms with Crippen LogP contribution in [0.4, 0.5) is 0 Å². The first-order chi connectivity index (χ1) is 16.7. The number of thiophene rings is 1. The molecule has 0 fully saturated rings. The molecule has 0 spiro atoms. The quantitative estimate of drug-likeness (QED) is 0.334. The van der Waals surface area contributed by atoms with Gasteiger partial charge in [0.05, 0.1) is 24.7 Å². The normalized spacial score (nSPS) is 11.4. The van der Waals surface area contributed by atoms with Crippen molar-refractivity contribution in [3.63, 3.8) is 0 Å². The number of ether oxygens (including phenoxy) is 1. The second-order valence-electron chi connectivity index (χ2n) is 7.97. The minimum atomic E-state index is 0.580. The molecule has 5 heterocycles. The molecular formula is C26H20N6OS. The molecule has 0 N–H and O–H groups in total. The smallest absolute Gasteiger partial charge is 0.180 e. The Kier molecular flexibility index (Phi) is 5.00. The van der Waals surface area contributed by atoms with E-state index in [1.807, 2.05) is 62.0 Å². The molecule has 166 valence electrons. The van der Waals surface area contributed by atoms with E-state index in [-0.39, 0.29) is 0 Å². The van der Waals surface area contributed by atoms with Gasteiger partial charge in [-0.25, -0.2) is 19.9 Å². The molecule has 0 amide bonds. The van der Waals surface area contributed by atoms with Gasteiger partial charge in [-0.15, -0.1) is 11.3 Å². The lowest BCUT2D eigenvalue weighted by Crippen LogP contribution is -2.02. The first-order valence-electron chi connectivity index (χ1n) is 10.8. The Morgan fingerprint density at radius 3 is 2.71 bits per heavy atom. The topological polar surface area (TPSA) is 78.6 Å². The summed E-state index contributed by atoms with van der Waals surface area (Å²) in [5.41, 5.74) is 6.15. The van der Waals surface area contributed by atoms with Crippen LogP contribution in [-0.4, -0.2) is 36.6 Å². The van der Waals surface area contributed by atoms with Crippen molar-refractivity contribution >= 4 is 32.6 Å². The summed E-state index contributed by atoms with van der Waals surface area (Å²) in [6.07, 6.45) is 5.52. The number of hydrogen-bond acceptors (Lipinski definition) is 7. The predicted octanol–water partition coefficient (Wildman–Crippen LogP) is 5.53. The molecule has 0 aliphatic heterocycles. The van der Waals surface area contributed by atoms with Gasteiger partial charge in [0.2, 0.25) is 0 Å². The van der Waals surface area contributed by atoms with Gasteiger partial charge in [0.15, 0.2) is 11.5 Å². The molecule has 34 heavy (non-hydrogen) atoms. The Morgan fingerprint density at radius 2 is 1.88 bits per heavy atom. The third kappa shape index (κ3) is 3.58. The second-order valence-corrected chi connectivity index (χ2v) is 8.89. The van der Waals surface area contributed by atoms with E-state index in [0.717, 1.165) is 55.2 Å². The van der Waals surface area contributed by atoms with E-state index in [0.29, 0.717) is 12.4 Å². The zero-order valence-electron chi connectivity index (χ0n) is 18.6. The van der Waals surface area contributed by atoms with Crippen molar-refractivity contribution in [3.05, 3.63) is 83.9 Å². The summed E-state index contributed by atoms with van der Waals surface area (Å²) in [6.45, 7) is 2.60. The lowest BCUT2D eigenvalue weighted by molar-refractivity contribution is 0.414. The van der Waals surface area contributed by atoms with E-state index in [1.54, 1.807) is 18.4 Å². The standard InChI is InChI=1S/C26H20N6OS/c1-16-4-3-5-21(29-16)25-30-23(20-14-34-22-12-27-11-10-19(20)22)24-26(31-25)32(15-28-24)13-17-6-8-18(33-2)9-7-17/h3-12,14-15H,13H2,1-2H3. The van der Waals surface area contributed by atoms with Crippen LogP contribution in [0.3, 0.4) is 0 Å². The number of hydrogen-bond donors (Lipinski definition) is 0. The van der Waals surface area contributed by atoms with Crippen LogP contribution in [0.25, 0.3) is 44.0 Å². The van der Waals surface area contributed by atoms with Crippen molar-refractivity contribution in [2.75, 3.05) is 7.11 Å². The Balaban J connectivity index is 1.55. The molecule has 5 aromatic heterocycles. The molecule has 0 atom stereocenters. The fourth-order valence-electron chi connectivity index (χ4n) is 4.02. The summed E-state index contributed by atoms with van der Waals surface area (Å²) in [5.74, 6) is 1.41. The van der Waals surface area contributed by atoms with E-state index < -0.39 is 0 Å². The molecule has 6 rings (SSSR count). The number of nitrogens with zero attached hydrogens (tertiary/aromatic N) is 6. The fraction of sp³-hybridized carbons (Fsp3) is 0.115. The molecule has 7 nitrogen and oxygen atoms in total. The zero-order valence-corrected chi connectivity index (χ0v) is 19.5. The number of benzene rings is 1. The van der Waals surface area contributed by atoms with Gasteiger partial charge in [0.25, 0.3) is 0 Å². The van der Waals surface area contributed by atoms with Gasteiger partial charge in [0, 0.05) is 34.4 Å². The molecular weight excluding hydrogens is 444 g/mol. The van der Waals surface area contributed by atoms with Crippen LogP contribution < -0.4 is 4.74 Å². The summed E-state index contributed by atoms with van der Waals surface area (Å²) in [6, 6.07) is 15.9. The largest absolute Gasteiger partial charge is 0.497 e. The molecule has 8 heteroatoms. The van der Waals surface area contributed by atoms with E-state index in [9.17, 15) is 0 Å². The molecule has 0 bridgehead atoms. The van der Waals surface area contributed by atoms with Crippen molar-refractivity contribution < 1.29 is 4.74 Å². The minimum absolute atomic E-state index is 0.580. The van der Waals surface area contributed by atoms with E-state index in [2.05, 4.69) is 32.0 Å². The number of fused-ring (bicyclic) bond motifs is 2. The molecule has 1 aromatic carbocycles. The van der Waals surface area contributed by atoms with E-state index >= 15 is 0 Å². The molecule has 0 aliphatic rings. The molecule has 0 radical (unpaired) electrons. The Hall–Kier alpha value is -4.17. The maximum atomic E-state index is 5.29. The number of methoxy groups -OCH3 is 1. The van der Waals surface area contributed by atoms with Crippen molar-refractivity contribution in [1.82, 2.24) is 29.5 Å². The average Bonchev–Trinajstić information content (AvgIpc) is 3.48. The maximum absolute atomic E-state index is 5.29.